The minimum atomic E-state index is 0.0934. The zero-order valence-corrected chi connectivity index (χ0v) is 21.0. The molecule has 1 atom stereocenters. The van der Waals surface area contributed by atoms with Gasteiger partial charge in [-0.15, -0.1) is 0 Å². The van der Waals surface area contributed by atoms with Gasteiger partial charge in [-0.3, -0.25) is 5.10 Å². The Morgan fingerprint density at radius 1 is 1.21 bits per heavy atom. The van der Waals surface area contributed by atoms with Crippen molar-refractivity contribution in [1.29, 1.82) is 0 Å². The number of hydrogen-bond acceptors (Lipinski definition) is 6. The van der Waals surface area contributed by atoms with Crippen LogP contribution in [0.25, 0.3) is 10.9 Å². The Bertz CT molecular complexity index is 1070. The quantitative estimate of drug-likeness (QED) is 0.331. The molecular weight excluding hydrogens is 424 g/mol. The van der Waals surface area contributed by atoms with Crippen LogP contribution < -0.4 is 22.1 Å². The van der Waals surface area contributed by atoms with Crippen LogP contribution in [-0.4, -0.2) is 53.2 Å². The van der Waals surface area contributed by atoms with Crippen molar-refractivity contribution < 1.29 is 0 Å². The molecule has 34 heavy (non-hydrogen) atoms. The Balaban J connectivity index is 0.00000103. The van der Waals surface area contributed by atoms with Crippen LogP contribution in [0.2, 0.25) is 0 Å². The van der Waals surface area contributed by atoms with E-state index in [-0.39, 0.29) is 6.04 Å². The third-order valence-electron chi connectivity index (χ3n) is 5.82. The second kappa shape index (κ2) is 12.3. The van der Waals surface area contributed by atoms with Gasteiger partial charge >= 0.3 is 0 Å². The first-order valence-corrected chi connectivity index (χ1v) is 12.3. The van der Waals surface area contributed by atoms with Crippen LogP contribution in [0, 0.1) is 6.92 Å². The van der Waals surface area contributed by atoms with Gasteiger partial charge in [0.2, 0.25) is 0 Å². The van der Waals surface area contributed by atoms with Crippen LogP contribution in [0.15, 0.2) is 58.6 Å². The maximum Gasteiger partial charge on any atom is 0.171 e. The monoisotopic (exact) mass is 464 g/mol. The number of allylic oxidation sites excluding steroid dienone is 2. The summed E-state index contributed by atoms with van der Waals surface area (Å²) in [5.41, 5.74) is 17.0. The van der Waals surface area contributed by atoms with Gasteiger partial charge in [0.05, 0.1) is 5.52 Å². The van der Waals surface area contributed by atoms with Gasteiger partial charge in [0.15, 0.2) is 5.82 Å². The van der Waals surface area contributed by atoms with Gasteiger partial charge in [0, 0.05) is 48.9 Å². The van der Waals surface area contributed by atoms with E-state index < -0.39 is 0 Å². The maximum atomic E-state index is 6.56. The molecule has 8 nitrogen and oxygen atoms in total. The van der Waals surface area contributed by atoms with Crippen LogP contribution >= 0.6 is 0 Å². The van der Waals surface area contributed by atoms with E-state index in [1.165, 1.54) is 12.0 Å². The molecule has 0 radical (unpaired) electrons. The fourth-order valence-corrected chi connectivity index (χ4v) is 3.99. The number of aromatic amines is 1. The van der Waals surface area contributed by atoms with E-state index in [9.17, 15) is 0 Å². The first-order chi connectivity index (χ1) is 16.4. The van der Waals surface area contributed by atoms with Crippen molar-refractivity contribution in [1.82, 2.24) is 25.7 Å². The summed E-state index contributed by atoms with van der Waals surface area (Å²) < 4.78 is 0. The predicted molar refractivity (Wildman–Crippen MR) is 142 cm³/mol. The number of nitrogens with two attached hydrogens (primary N) is 2. The van der Waals surface area contributed by atoms with Crippen molar-refractivity contribution in [2.75, 3.05) is 26.2 Å². The van der Waals surface area contributed by atoms with E-state index in [0.29, 0.717) is 17.5 Å². The molecular formula is C26H40N8. The normalized spacial score (nSPS) is 18.1. The molecule has 0 bridgehead atoms. The highest BCUT2D eigenvalue weighted by Gasteiger charge is 2.19. The lowest BCUT2D eigenvalue weighted by molar-refractivity contribution is 0.291. The molecule has 1 aliphatic heterocycles. The van der Waals surface area contributed by atoms with E-state index in [2.05, 4.69) is 64.7 Å². The Hall–Kier alpha value is -3.26. The summed E-state index contributed by atoms with van der Waals surface area (Å²) >= 11 is 0. The van der Waals surface area contributed by atoms with E-state index in [1.54, 1.807) is 0 Å². The number of piperazine rings is 1. The number of hydrogen-bond donors (Lipinski definition) is 5. The standard InChI is InChI=1S/C23H32N8.C3H8/c1-15(17-6-4-3-5-7-17)27-22(25)23(31-12-10-26-11-13-31)28-21(24)18-8-9-20-19(14-18)16(2)29-30-20;1-3-2/h4,6-9,14-15,26-27H,3,5,10-13,25H2,1-2H3,(H2,24,28)(H,29,30);3H2,1-2H3/b23-22-;. The number of nitrogens with one attached hydrogen (secondary N) is 3. The van der Waals surface area contributed by atoms with Gasteiger partial charge in [-0.2, -0.15) is 5.10 Å². The average Bonchev–Trinajstić information content (AvgIpc) is 3.23. The smallest absolute Gasteiger partial charge is 0.171 e. The number of aliphatic imine (C=N–C) groups is 1. The number of amidine groups is 1. The number of rotatable bonds is 6. The van der Waals surface area contributed by atoms with Gasteiger partial charge in [-0.1, -0.05) is 38.5 Å². The highest BCUT2D eigenvalue weighted by atomic mass is 15.3. The van der Waals surface area contributed by atoms with E-state index in [1.807, 2.05) is 25.1 Å². The molecule has 0 amide bonds. The summed E-state index contributed by atoms with van der Waals surface area (Å²) in [5.74, 6) is 1.67. The summed E-state index contributed by atoms with van der Waals surface area (Å²) in [4.78, 5) is 6.99. The first-order valence-electron chi connectivity index (χ1n) is 12.3. The summed E-state index contributed by atoms with van der Waals surface area (Å²) in [6, 6.07) is 6.01. The number of aromatic nitrogens is 2. The molecule has 2 heterocycles. The third-order valence-corrected chi connectivity index (χ3v) is 5.82. The van der Waals surface area contributed by atoms with Gasteiger partial charge in [0.25, 0.3) is 0 Å². The zero-order chi connectivity index (χ0) is 24.5. The molecule has 0 spiro atoms. The second-order valence-electron chi connectivity index (χ2n) is 8.81. The summed E-state index contributed by atoms with van der Waals surface area (Å²) in [6.45, 7) is 11.8. The summed E-state index contributed by atoms with van der Waals surface area (Å²) in [7, 11) is 0. The highest BCUT2D eigenvalue weighted by Crippen LogP contribution is 2.19. The number of aryl methyl sites for hydroxylation is 1. The molecule has 8 heteroatoms. The maximum absolute atomic E-state index is 6.56. The predicted octanol–water partition coefficient (Wildman–Crippen LogP) is 3.24. The van der Waals surface area contributed by atoms with Crippen molar-refractivity contribution >= 4 is 16.7 Å². The minimum absolute atomic E-state index is 0.0934. The molecule has 1 saturated heterocycles. The molecule has 1 aromatic carbocycles. The second-order valence-corrected chi connectivity index (χ2v) is 8.81. The van der Waals surface area contributed by atoms with Gasteiger partial charge in [-0.25, -0.2) is 4.99 Å². The van der Waals surface area contributed by atoms with Gasteiger partial charge in [-0.05, 0) is 50.5 Å². The molecule has 2 aromatic rings. The lowest BCUT2D eigenvalue weighted by atomic mass is 10.0. The molecule has 1 fully saturated rings. The van der Waals surface area contributed by atoms with Crippen molar-refractivity contribution in [3.05, 3.63) is 64.9 Å². The lowest BCUT2D eigenvalue weighted by Crippen LogP contribution is -2.45. The summed E-state index contributed by atoms with van der Waals surface area (Å²) in [5, 5.41) is 15.2. The SMILES string of the molecule is CCC.Cc1[nH]nc2ccc(/C(N)=N/C(=C(\N)NC(C)C3=CCCC=C3)N3CCNCC3)cc12. The number of nitrogens with zero attached hydrogens (tertiary/aromatic N) is 3. The van der Waals surface area contributed by atoms with E-state index in [4.69, 9.17) is 16.5 Å². The third kappa shape index (κ3) is 6.41. The Labute approximate surface area is 203 Å². The number of benzene rings is 1. The molecule has 7 N–H and O–H groups in total. The van der Waals surface area contributed by atoms with Crippen LogP contribution in [0.1, 0.15) is 51.3 Å². The number of H-pyrrole nitrogens is 1. The largest absolute Gasteiger partial charge is 0.383 e. The van der Waals surface area contributed by atoms with Crippen LogP contribution in [-0.2, 0) is 0 Å². The van der Waals surface area contributed by atoms with Crippen LogP contribution in [0.3, 0.4) is 0 Å². The first kappa shape index (κ1) is 25.4. The van der Waals surface area contributed by atoms with Crippen molar-refractivity contribution in [2.45, 2.75) is 53.0 Å². The molecule has 1 aromatic heterocycles. The van der Waals surface area contributed by atoms with Crippen LogP contribution in [0.5, 0.6) is 0 Å². The highest BCUT2D eigenvalue weighted by molar-refractivity contribution is 6.01. The van der Waals surface area contributed by atoms with Gasteiger partial charge < -0.3 is 27.0 Å². The zero-order valence-electron chi connectivity index (χ0n) is 21.0. The van der Waals surface area contributed by atoms with Crippen molar-refractivity contribution in [3.8, 4) is 0 Å². The molecule has 4 rings (SSSR count). The summed E-state index contributed by atoms with van der Waals surface area (Å²) in [6.07, 6.45) is 10.0. The van der Waals surface area contributed by atoms with E-state index >= 15 is 0 Å². The molecule has 1 unspecified atom stereocenters. The molecule has 184 valence electrons. The van der Waals surface area contributed by atoms with E-state index in [0.717, 1.165) is 61.2 Å². The van der Waals surface area contributed by atoms with Crippen LogP contribution in [0.4, 0.5) is 0 Å². The van der Waals surface area contributed by atoms with Gasteiger partial charge in [0.1, 0.15) is 11.7 Å². The fourth-order valence-electron chi connectivity index (χ4n) is 3.99. The topological polar surface area (TPSA) is 120 Å². The average molecular weight is 465 g/mol. The molecule has 0 saturated carbocycles. The van der Waals surface area contributed by atoms with Crippen molar-refractivity contribution in [3.63, 3.8) is 0 Å². The Morgan fingerprint density at radius 3 is 2.62 bits per heavy atom. The molecule has 1 aliphatic carbocycles. The fraction of sp³-hybridized carbons (Fsp3) is 0.462. The van der Waals surface area contributed by atoms with Crippen molar-refractivity contribution in [2.24, 2.45) is 16.5 Å². The Kier molecular flexibility index (Phi) is 9.16. The molecule has 2 aliphatic rings. The Morgan fingerprint density at radius 2 is 1.94 bits per heavy atom. The number of fused-ring (bicyclic) bond motifs is 1. The lowest BCUT2D eigenvalue weighted by Gasteiger charge is -2.31. The minimum Gasteiger partial charge on any atom is -0.383 e.